The Morgan fingerprint density at radius 1 is 1.22 bits per heavy atom. The van der Waals surface area contributed by atoms with E-state index in [1.54, 1.807) is 0 Å². The van der Waals surface area contributed by atoms with Crippen molar-refractivity contribution >= 4 is 29.3 Å². The fourth-order valence-electron chi connectivity index (χ4n) is 4.36. The summed E-state index contributed by atoms with van der Waals surface area (Å²) in [6.45, 7) is 1.03. The Morgan fingerprint density at radius 3 is 2.44 bits per heavy atom. The van der Waals surface area contributed by atoms with Crippen LogP contribution in [0.25, 0.3) is 0 Å². The summed E-state index contributed by atoms with van der Waals surface area (Å²) in [7, 11) is 3.83. The zero-order valence-electron chi connectivity index (χ0n) is 18.0. The average Bonchev–Trinajstić information content (AvgIpc) is 2.78. The molecule has 2 aliphatic heterocycles. The molecule has 4 rings (SSSR count). The van der Waals surface area contributed by atoms with Gasteiger partial charge in [0.2, 0.25) is 17.8 Å². The highest BCUT2D eigenvalue weighted by molar-refractivity contribution is 5.98. The molecule has 0 bridgehead atoms. The maximum atomic E-state index is 13.2. The molecule has 3 heterocycles. The summed E-state index contributed by atoms with van der Waals surface area (Å²) in [4.78, 5) is 48.4. The summed E-state index contributed by atoms with van der Waals surface area (Å²) in [6, 6.07) is 9.47. The van der Waals surface area contributed by atoms with E-state index in [4.69, 9.17) is 5.73 Å². The number of aromatic nitrogens is 2. The molecule has 1 aromatic carbocycles. The van der Waals surface area contributed by atoms with Gasteiger partial charge in [-0.3, -0.25) is 19.4 Å². The molecule has 10 heteroatoms. The fourth-order valence-corrected chi connectivity index (χ4v) is 4.36. The van der Waals surface area contributed by atoms with E-state index in [1.165, 1.54) is 0 Å². The first-order valence-electron chi connectivity index (χ1n) is 10.5. The predicted octanol–water partition coefficient (Wildman–Crippen LogP) is 0.761. The van der Waals surface area contributed by atoms with Gasteiger partial charge in [0.05, 0.1) is 11.6 Å². The highest BCUT2D eigenvalue weighted by Crippen LogP contribution is 2.38. The number of carbonyl (C=O) groups excluding carboxylic acids is 2. The molecule has 0 radical (unpaired) electrons. The lowest BCUT2D eigenvalue weighted by Gasteiger charge is -2.33. The number of nitrogens with one attached hydrogen (secondary N) is 2. The first kappa shape index (κ1) is 21.4. The Bertz CT molecular complexity index is 1140. The second-order valence-electron chi connectivity index (χ2n) is 8.38. The molecular weight excluding hydrogens is 410 g/mol. The summed E-state index contributed by atoms with van der Waals surface area (Å²) in [5, 5.41) is 12.3. The Morgan fingerprint density at radius 2 is 1.88 bits per heavy atom. The number of benzene rings is 1. The van der Waals surface area contributed by atoms with Gasteiger partial charge in [0, 0.05) is 44.7 Å². The third-order valence-electron chi connectivity index (χ3n) is 6.22. The zero-order chi connectivity index (χ0) is 23.0. The maximum Gasteiger partial charge on any atom is 0.258 e. The van der Waals surface area contributed by atoms with Crippen molar-refractivity contribution in [3.63, 3.8) is 0 Å². The summed E-state index contributed by atoms with van der Waals surface area (Å²) in [6.07, 6.45) is 1.14. The van der Waals surface area contributed by atoms with E-state index in [2.05, 4.69) is 15.3 Å². The lowest BCUT2D eigenvalue weighted by atomic mass is 9.79. The Hall–Kier alpha value is -3.87. The molecule has 0 spiro atoms. The molecule has 2 aliphatic rings. The number of nitrogens with zero attached hydrogens (tertiary/aromatic N) is 4. The van der Waals surface area contributed by atoms with E-state index in [-0.39, 0.29) is 23.2 Å². The van der Waals surface area contributed by atoms with Crippen LogP contribution in [0.2, 0.25) is 0 Å². The molecule has 166 valence electrons. The number of H-pyrrole nitrogens is 1. The van der Waals surface area contributed by atoms with Crippen LogP contribution in [0.15, 0.2) is 29.1 Å². The SMILES string of the molecule is CN(C)c1ccc(C2c3c(nc(N4CCC(C(N)=O)CC4)[nH]c3=O)NC(=O)C2C#N)cc1. The molecule has 0 saturated carbocycles. The van der Waals surface area contributed by atoms with Crippen LogP contribution in [0.1, 0.15) is 29.9 Å². The van der Waals surface area contributed by atoms with Gasteiger partial charge in [-0.2, -0.15) is 10.2 Å². The molecule has 10 nitrogen and oxygen atoms in total. The second-order valence-corrected chi connectivity index (χ2v) is 8.38. The molecule has 2 aromatic rings. The number of piperidine rings is 1. The number of aromatic amines is 1. The standard InChI is InChI=1S/C22H25N7O3/c1-28(2)14-5-3-12(4-6-14)16-15(11-23)20(31)25-19-17(16)21(32)27-22(26-19)29-9-7-13(8-10-29)18(24)30/h3-6,13,15-16H,7-10H2,1-2H3,(H2,24,30)(H2,25,26,27,31,32). The summed E-state index contributed by atoms with van der Waals surface area (Å²) >= 11 is 0. The number of nitriles is 1. The minimum absolute atomic E-state index is 0.166. The fraction of sp³-hybridized carbons (Fsp3) is 0.409. The van der Waals surface area contributed by atoms with Crippen LogP contribution in [0, 0.1) is 23.2 Å². The monoisotopic (exact) mass is 435 g/mol. The lowest BCUT2D eigenvalue weighted by Crippen LogP contribution is -2.42. The third kappa shape index (κ3) is 3.77. The summed E-state index contributed by atoms with van der Waals surface area (Å²) in [5.74, 6) is -2.29. The Kier molecular flexibility index (Phi) is 5.57. The van der Waals surface area contributed by atoms with Crippen LogP contribution in [-0.2, 0) is 9.59 Å². The molecule has 1 fully saturated rings. The third-order valence-corrected chi connectivity index (χ3v) is 6.22. The largest absolute Gasteiger partial charge is 0.378 e. The number of nitrogens with two attached hydrogens (primary N) is 1. The highest BCUT2D eigenvalue weighted by atomic mass is 16.2. The molecule has 1 aromatic heterocycles. The number of rotatable bonds is 4. The molecule has 32 heavy (non-hydrogen) atoms. The van der Waals surface area contributed by atoms with Gasteiger partial charge in [-0.1, -0.05) is 12.1 Å². The first-order valence-corrected chi connectivity index (χ1v) is 10.5. The molecule has 0 aliphatic carbocycles. The van der Waals surface area contributed by atoms with E-state index < -0.39 is 23.3 Å². The first-order chi connectivity index (χ1) is 15.3. The van der Waals surface area contributed by atoms with Gasteiger partial charge in [0.25, 0.3) is 5.56 Å². The highest BCUT2D eigenvalue weighted by Gasteiger charge is 2.40. The number of hydrogen-bond donors (Lipinski definition) is 3. The number of carbonyl (C=O) groups is 2. The molecule has 4 N–H and O–H groups in total. The van der Waals surface area contributed by atoms with Crippen molar-refractivity contribution in [1.29, 1.82) is 5.26 Å². The topological polar surface area (TPSA) is 148 Å². The van der Waals surface area contributed by atoms with Crippen molar-refractivity contribution in [3.8, 4) is 6.07 Å². The molecule has 2 amide bonds. The van der Waals surface area contributed by atoms with Crippen molar-refractivity contribution in [2.75, 3.05) is 42.3 Å². The molecule has 2 unspecified atom stereocenters. The molecule has 1 saturated heterocycles. The van der Waals surface area contributed by atoms with Crippen LogP contribution >= 0.6 is 0 Å². The Labute approximate surface area is 185 Å². The second kappa shape index (κ2) is 8.34. The smallest absolute Gasteiger partial charge is 0.258 e. The molecule has 2 atom stereocenters. The minimum Gasteiger partial charge on any atom is -0.378 e. The van der Waals surface area contributed by atoms with Gasteiger partial charge in [0.1, 0.15) is 11.7 Å². The van der Waals surface area contributed by atoms with Crippen LogP contribution in [0.5, 0.6) is 0 Å². The van der Waals surface area contributed by atoms with Crippen molar-refractivity contribution in [2.24, 2.45) is 17.6 Å². The van der Waals surface area contributed by atoms with Gasteiger partial charge in [-0.25, -0.2) is 0 Å². The van der Waals surface area contributed by atoms with Gasteiger partial charge < -0.3 is 20.9 Å². The van der Waals surface area contributed by atoms with Crippen molar-refractivity contribution in [2.45, 2.75) is 18.8 Å². The van der Waals surface area contributed by atoms with Crippen LogP contribution < -0.4 is 26.4 Å². The minimum atomic E-state index is -1.05. The summed E-state index contributed by atoms with van der Waals surface area (Å²) in [5.41, 5.74) is 6.92. The van der Waals surface area contributed by atoms with Crippen molar-refractivity contribution in [1.82, 2.24) is 9.97 Å². The van der Waals surface area contributed by atoms with Crippen LogP contribution in [0.4, 0.5) is 17.5 Å². The van der Waals surface area contributed by atoms with Crippen LogP contribution in [0.3, 0.4) is 0 Å². The van der Waals surface area contributed by atoms with E-state index in [0.717, 1.165) is 5.69 Å². The van der Waals surface area contributed by atoms with Crippen molar-refractivity contribution < 1.29 is 9.59 Å². The quantitative estimate of drug-likeness (QED) is 0.642. The lowest BCUT2D eigenvalue weighted by molar-refractivity contribution is -0.122. The van der Waals surface area contributed by atoms with E-state index in [0.29, 0.717) is 37.4 Å². The number of hydrogen-bond acceptors (Lipinski definition) is 7. The Balaban J connectivity index is 1.72. The summed E-state index contributed by atoms with van der Waals surface area (Å²) < 4.78 is 0. The number of fused-ring (bicyclic) bond motifs is 1. The zero-order valence-corrected chi connectivity index (χ0v) is 18.0. The average molecular weight is 435 g/mol. The van der Waals surface area contributed by atoms with Gasteiger partial charge in [-0.05, 0) is 30.5 Å². The number of anilines is 3. The molecular formula is C22H25N7O3. The number of primary amides is 1. The predicted molar refractivity (Wildman–Crippen MR) is 119 cm³/mol. The van der Waals surface area contributed by atoms with E-state index in [1.807, 2.05) is 54.2 Å². The van der Waals surface area contributed by atoms with E-state index >= 15 is 0 Å². The van der Waals surface area contributed by atoms with Crippen molar-refractivity contribution in [3.05, 3.63) is 45.7 Å². The normalized spacial score (nSPS) is 20.8. The van der Waals surface area contributed by atoms with Gasteiger partial charge >= 0.3 is 0 Å². The maximum absolute atomic E-state index is 13.2. The van der Waals surface area contributed by atoms with Crippen LogP contribution in [-0.4, -0.2) is 49.0 Å². The van der Waals surface area contributed by atoms with Gasteiger partial charge in [0.15, 0.2) is 0 Å². The van der Waals surface area contributed by atoms with E-state index in [9.17, 15) is 19.6 Å². The number of amides is 2. The van der Waals surface area contributed by atoms with Gasteiger partial charge in [-0.15, -0.1) is 0 Å².